The van der Waals surface area contributed by atoms with E-state index >= 15 is 0 Å². The van der Waals surface area contributed by atoms with Crippen molar-refractivity contribution in [3.05, 3.63) is 58.4 Å². The van der Waals surface area contributed by atoms with Crippen LogP contribution >= 0.6 is 0 Å². The summed E-state index contributed by atoms with van der Waals surface area (Å²) in [5.74, 6) is -0.316. The van der Waals surface area contributed by atoms with Gasteiger partial charge in [-0.3, -0.25) is 4.72 Å². The Morgan fingerprint density at radius 3 is 2.70 bits per heavy atom. The van der Waals surface area contributed by atoms with Gasteiger partial charge in [-0.1, -0.05) is 17.7 Å². The predicted octanol–water partition coefficient (Wildman–Crippen LogP) is 5.32. The quantitative estimate of drug-likeness (QED) is 0.483. The summed E-state index contributed by atoms with van der Waals surface area (Å²) in [6.07, 6.45) is 3.35. The van der Waals surface area contributed by atoms with Crippen molar-refractivity contribution in [2.24, 2.45) is 5.92 Å². The Kier molecular flexibility index (Phi) is 7.28. The molecule has 11 heteroatoms. The summed E-state index contributed by atoms with van der Waals surface area (Å²) in [4.78, 5) is 26.7. The second kappa shape index (κ2) is 10.4. The number of anilines is 1. The van der Waals surface area contributed by atoms with E-state index in [-0.39, 0.29) is 34.2 Å². The molecule has 2 atom stereocenters. The molecule has 0 spiro atoms. The van der Waals surface area contributed by atoms with Gasteiger partial charge in [-0.05, 0) is 81.3 Å². The van der Waals surface area contributed by atoms with Crippen LogP contribution in [0.3, 0.4) is 0 Å². The largest absolute Gasteiger partial charge is 0.492 e. The third kappa shape index (κ3) is 5.79. The van der Waals surface area contributed by atoms with Crippen LogP contribution in [-0.2, 0) is 19.5 Å². The molecule has 0 bridgehead atoms. The number of halogens is 1. The van der Waals surface area contributed by atoms with Gasteiger partial charge in [-0.25, -0.2) is 22.4 Å². The van der Waals surface area contributed by atoms with E-state index < -0.39 is 33.5 Å². The molecule has 0 unspecified atom stereocenters. The van der Waals surface area contributed by atoms with Crippen LogP contribution < -0.4 is 9.46 Å². The first kappa shape index (κ1) is 27.9. The number of likely N-dealkylation sites (tertiary alicyclic amines) is 1. The van der Waals surface area contributed by atoms with Crippen LogP contribution in [0, 0.1) is 11.7 Å². The van der Waals surface area contributed by atoms with Crippen LogP contribution in [0.1, 0.15) is 67.4 Å². The molecule has 0 radical (unpaired) electrons. The summed E-state index contributed by atoms with van der Waals surface area (Å²) in [7, 11) is -3.07. The number of fused-ring (bicyclic) bond motifs is 3. The Morgan fingerprint density at radius 1 is 1.20 bits per heavy atom. The van der Waals surface area contributed by atoms with E-state index in [1.54, 1.807) is 37.8 Å². The van der Waals surface area contributed by atoms with Crippen molar-refractivity contribution in [3.8, 4) is 5.75 Å². The molecule has 2 fully saturated rings. The average molecular weight is 573 g/mol. The molecule has 214 valence electrons. The lowest BCUT2D eigenvalue weighted by molar-refractivity contribution is 0.0247. The first-order valence-corrected chi connectivity index (χ1v) is 14.7. The van der Waals surface area contributed by atoms with Gasteiger partial charge in [-0.2, -0.15) is 0 Å². The fraction of sp³-hybridized carbons (Fsp3) is 0.448. The van der Waals surface area contributed by atoms with Gasteiger partial charge in [-0.15, -0.1) is 0 Å². The second-order valence-electron chi connectivity index (χ2n) is 11.4. The molecular formula is C29H33FN2O7S. The van der Waals surface area contributed by atoms with Crippen LogP contribution in [0.5, 0.6) is 5.75 Å². The molecule has 1 saturated heterocycles. The molecule has 5 rings (SSSR count). The fourth-order valence-corrected chi connectivity index (χ4v) is 6.48. The molecule has 1 amide bonds. The molecule has 40 heavy (non-hydrogen) atoms. The maximum atomic E-state index is 14.3. The number of carbonyl (C=O) groups is 2. The number of piperidine rings is 1. The highest BCUT2D eigenvalue weighted by molar-refractivity contribution is 7.92. The number of hydrogen-bond donors (Lipinski definition) is 1. The summed E-state index contributed by atoms with van der Waals surface area (Å²) in [6, 6.07) is 6.69. The van der Waals surface area contributed by atoms with Gasteiger partial charge in [0.25, 0.3) is 10.0 Å². The van der Waals surface area contributed by atoms with Crippen molar-refractivity contribution >= 4 is 33.8 Å². The number of nitrogens with zero attached hydrogens (tertiary/aromatic N) is 1. The van der Waals surface area contributed by atoms with Gasteiger partial charge >= 0.3 is 12.1 Å². The third-order valence-electron chi connectivity index (χ3n) is 7.18. The second-order valence-corrected chi connectivity index (χ2v) is 13.1. The molecule has 2 aliphatic heterocycles. The third-order valence-corrected chi connectivity index (χ3v) is 8.62. The number of sulfonamides is 1. The number of methoxy groups -OCH3 is 1. The first-order chi connectivity index (χ1) is 18.9. The highest BCUT2D eigenvalue weighted by Gasteiger charge is 2.45. The lowest BCUT2D eigenvalue weighted by Crippen LogP contribution is -2.40. The topological polar surface area (TPSA) is 111 Å². The molecule has 9 nitrogen and oxygen atoms in total. The van der Waals surface area contributed by atoms with E-state index in [1.165, 1.54) is 19.2 Å². The van der Waals surface area contributed by atoms with Crippen LogP contribution in [-0.4, -0.2) is 57.8 Å². The van der Waals surface area contributed by atoms with E-state index in [2.05, 4.69) is 4.72 Å². The number of hydrogen-bond acceptors (Lipinski definition) is 7. The summed E-state index contributed by atoms with van der Waals surface area (Å²) in [5.41, 5.74) is 1.12. The Morgan fingerprint density at radius 2 is 1.98 bits per heavy atom. The SMILES string of the molecule is COC(=O)c1c(NS(=O)(=O)c2ccc(F)cc2C=C2CCCN(C(=O)OC(C)(C)C)C2)ccc2c1OC[C@@H]1C[C@H]21. The lowest BCUT2D eigenvalue weighted by atomic mass is 10.0. The van der Waals surface area contributed by atoms with E-state index in [1.807, 2.05) is 0 Å². The minimum Gasteiger partial charge on any atom is -0.492 e. The molecular weight excluding hydrogens is 539 g/mol. The lowest BCUT2D eigenvalue weighted by Gasteiger charge is -2.31. The highest BCUT2D eigenvalue weighted by atomic mass is 32.2. The van der Waals surface area contributed by atoms with Gasteiger partial charge in [0.05, 0.1) is 24.3 Å². The van der Waals surface area contributed by atoms with Crippen molar-refractivity contribution in [1.82, 2.24) is 4.90 Å². The molecule has 1 saturated carbocycles. The number of rotatable bonds is 5. The van der Waals surface area contributed by atoms with Crippen molar-refractivity contribution in [2.45, 2.75) is 56.4 Å². The molecule has 2 aromatic rings. The molecule has 2 heterocycles. The summed E-state index contributed by atoms with van der Waals surface area (Å²) >= 11 is 0. The number of benzene rings is 2. The van der Waals surface area contributed by atoms with Crippen LogP contribution in [0.4, 0.5) is 14.9 Å². The van der Waals surface area contributed by atoms with Crippen LogP contribution in [0.2, 0.25) is 0 Å². The number of ether oxygens (including phenoxy) is 3. The molecule has 0 aromatic heterocycles. The smallest absolute Gasteiger partial charge is 0.410 e. The molecule has 3 aliphatic rings. The molecule has 1 N–H and O–H groups in total. The van der Waals surface area contributed by atoms with E-state index in [0.29, 0.717) is 37.7 Å². The van der Waals surface area contributed by atoms with Gasteiger partial charge < -0.3 is 19.1 Å². The number of amides is 1. The van der Waals surface area contributed by atoms with Gasteiger partial charge in [0.1, 0.15) is 22.7 Å². The zero-order valence-corrected chi connectivity index (χ0v) is 23.8. The first-order valence-electron chi connectivity index (χ1n) is 13.2. The van der Waals surface area contributed by atoms with Gasteiger partial charge in [0.15, 0.2) is 0 Å². The Balaban J connectivity index is 1.46. The number of carbonyl (C=O) groups excluding carboxylic acids is 2. The summed E-state index contributed by atoms with van der Waals surface area (Å²) in [6.45, 7) is 6.53. The maximum Gasteiger partial charge on any atom is 0.410 e. The van der Waals surface area contributed by atoms with Crippen LogP contribution in [0.25, 0.3) is 6.08 Å². The maximum absolute atomic E-state index is 14.3. The molecule has 2 aromatic carbocycles. The Labute approximate surface area is 233 Å². The van der Waals surface area contributed by atoms with Crippen molar-refractivity contribution in [3.63, 3.8) is 0 Å². The zero-order chi connectivity index (χ0) is 28.8. The Hall–Kier alpha value is -3.60. The van der Waals surface area contributed by atoms with Crippen molar-refractivity contribution in [2.75, 3.05) is 31.5 Å². The zero-order valence-electron chi connectivity index (χ0n) is 23.0. The van der Waals surface area contributed by atoms with E-state index in [4.69, 9.17) is 14.2 Å². The summed E-state index contributed by atoms with van der Waals surface area (Å²) < 4.78 is 60.5. The predicted molar refractivity (Wildman–Crippen MR) is 146 cm³/mol. The number of esters is 1. The Bertz CT molecular complexity index is 1500. The van der Waals surface area contributed by atoms with E-state index in [0.717, 1.165) is 29.7 Å². The van der Waals surface area contributed by atoms with Crippen LogP contribution in [0.15, 0.2) is 40.8 Å². The fourth-order valence-electron chi connectivity index (χ4n) is 5.24. The molecule has 1 aliphatic carbocycles. The number of nitrogens with one attached hydrogen (secondary N) is 1. The average Bonchev–Trinajstić information content (AvgIpc) is 3.67. The van der Waals surface area contributed by atoms with Gasteiger partial charge in [0.2, 0.25) is 0 Å². The standard InChI is InChI=1S/C29H33FN2O7S/c1-29(2,3)39-28(34)32-11-5-6-17(15-32)12-18-13-20(30)7-10-24(18)40(35,36)31-23-9-8-21-22-14-19(22)16-38-26(21)25(23)27(33)37-4/h7-10,12-13,19,22,31H,5-6,11,14-16H2,1-4H3/t19-,22-/m0/s1. The highest BCUT2D eigenvalue weighted by Crippen LogP contribution is 2.55. The van der Waals surface area contributed by atoms with Crippen molar-refractivity contribution < 1.29 is 36.6 Å². The minimum absolute atomic E-state index is 0.0104. The summed E-state index contributed by atoms with van der Waals surface area (Å²) in [5, 5.41) is 0. The van der Waals surface area contributed by atoms with Gasteiger partial charge in [0, 0.05) is 19.0 Å². The monoisotopic (exact) mass is 572 g/mol. The van der Waals surface area contributed by atoms with E-state index in [9.17, 15) is 22.4 Å². The van der Waals surface area contributed by atoms with Crippen molar-refractivity contribution in [1.29, 1.82) is 0 Å². The minimum atomic E-state index is -4.29. The normalized spacial score (nSPS) is 21.1.